The van der Waals surface area contributed by atoms with Gasteiger partial charge in [-0.25, -0.2) is 0 Å². The maximum absolute atomic E-state index is 11.4. The van der Waals surface area contributed by atoms with Crippen molar-refractivity contribution < 1.29 is 19.1 Å². The molecule has 120 valence electrons. The fourth-order valence-electron chi connectivity index (χ4n) is 3.88. The van der Waals surface area contributed by atoms with Crippen LogP contribution >= 0.6 is 0 Å². The first kappa shape index (κ1) is 16.3. The molecule has 3 aliphatic carbocycles. The minimum absolute atomic E-state index is 0.106. The van der Waals surface area contributed by atoms with Gasteiger partial charge in [-0.2, -0.15) is 0 Å². The molecule has 3 saturated carbocycles. The molecule has 2 atom stereocenters. The van der Waals surface area contributed by atoms with Crippen molar-refractivity contribution in [2.75, 3.05) is 13.7 Å². The number of esters is 2. The van der Waals surface area contributed by atoms with E-state index in [-0.39, 0.29) is 17.4 Å². The second-order valence-corrected chi connectivity index (χ2v) is 7.22. The first-order valence-electron chi connectivity index (χ1n) is 8.15. The van der Waals surface area contributed by atoms with Crippen LogP contribution < -0.4 is 0 Å². The zero-order valence-electron chi connectivity index (χ0n) is 13.7. The number of rotatable bonds is 2. The van der Waals surface area contributed by atoms with Crippen LogP contribution in [0.5, 0.6) is 0 Å². The number of carbonyl (C=O) groups excluding carboxylic acids is 2. The average molecular weight is 296 g/mol. The Morgan fingerprint density at radius 3 is 2.24 bits per heavy atom. The summed E-state index contributed by atoms with van der Waals surface area (Å²) >= 11 is 0. The van der Waals surface area contributed by atoms with Gasteiger partial charge in [-0.05, 0) is 57.8 Å². The topological polar surface area (TPSA) is 52.6 Å². The lowest BCUT2D eigenvalue weighted by molar-refractivity contribution is -0.150. The lowest BCUT2D eigenvalue weighted by Crippen LogP contribution is -2.40. The highest BCUT2D eigenvalue weighted by Crippen LogP contribution is 2.51. The monoisotopic (exact) mass is 296 g/mol. The SMILES string of the molecule is CCC(C)(C)C(=O)OC.O=C1OCC2C3CCC(CC3)C12. The molecule has 4 rings (SSSR count). The molecular weight excluding hydrogens is 268 g/mol. The summed E-state index contributed by atoms with van der Waals surface area (Å²) < 4.78 is 9.71. The molecule has 0 aromatic heterocycles. The lowest BCUT2D eigenvalue weighted by atomic mass is 9.60. The molecule has 1 saturated heterocycles. The highest BCUT2D eigenvalue weighted by Gasteiger charge is 2.51. The van der Waals surface area contributed by atoms with Crippen LogP contribution in [0.15, 0.2) is 0 Å². The van der Waals surface area contributed by atoms with Gasteiger partial charge in [0, 0.05) is 5.92 Å². The minimum Gasteiger partial charge on any atom is -0.469 e. The van der Waals surface area contributed by atoms with Crippen LogP contribution in [0.3, 0.4) is 0 Å². The van der Waals surface area contributed by atoms with Gasteiger partial charge in [0.15, 0.2) is 0 Å². The van der Waals surface area contributed by atoms with Gasteiger partial charge in [-0.3, -0.25) is 9.59 Å². The Hall–Kier alpha value is -1.06. The summed E-state index contributed by atoms with van der Waals surface area (Å²) in [6.45, 7) is 6.44. The third kappa shape index (κ3) is 3.24. The Morgan fingerprint density at radius 2 is 1.81 bits per heavy atom. The highest BCUT2D eigenvalue weighted by atomic mass is 16.5. The van der Waals surface area contributed by atoms with Crippen molar-refractivity contribution in [2.24, 2.45) is 29.1 Å². The van der Waals surface area contributed by atoms with Gasteiger partial charge in [0.2, 0.25) is 0 Å². The summed E-state index contributed by atoms with van der Waals surface area (Å²) in [4.78, 5) is 22.2. The van der Waals surface area contributed by atoms with E-state index >= 15 is 0 Å². The number of fused-ring (bicyclic) bond motifs is 2. The molecule has 0 aromatic rings. The number of methoxy groups -OCH3 is 1. The summed E-state index contributed by atoms with van der Waals surface area (Å²) in [6, 6.07) is 0. The standard InChI is InChI=1S/C10H14O2.C7H14O2/c11-10-9-7-3-1-6(2-4-7)8(9)5-12-10;1-5-7(2,3)6(8)9-4/h6-9H,1-5H2;5H2,1-4H3. The van der Waals surface area contributed by atoms with Crippen molar-refractivity contribution >= 4 is 11.9 Å². The third-order valence-corrected chi connectivity index (χ3v) is 5.70. The van der Waals surface area contributed by atoms with Crippen LogP contribution in [-0.2, 0) is 19.1 Å². The number of ether oxygens (including phenoxy) is 2. The van der Waals surface area contributed by atoms with Crippen molar-refractivity contribution in [2.45, 2.75) is 52.9 Å². The minimum atomic E-state index is -0.311. The van der Waals surface area contributed by atoms with Crippen LogP contribution in [0.2, 0.25) is 0 Å². The van der Waals surface area contributed by atoms with E-state index in [1.54, 1.807) is 0 Å². The van der Waals surface area contributed by atoms with Gasteiger partial charge in [-0.15, -0.1) is 0 Å². The number of hydrogen-bond acceptors (Lipinski definition) is 4. The molecule has 21 heavy (non-hydrogen) atoms. The van der Waals surface area contributed by atoms with Gasteiger partial charge in [0.1, 0.15) is 0 Å². The van der Waals surface area contributed by atoms with Crippen LogP contribution in [0.4, 0.5) is 0 Å². The maximum Gasteiger partial charge on any atom is 0.311 e. The predicted molar refractivity (Wildman–Crippen MR) is 79.5 cm³/mol. The predicted octanol–water partition coefficient (Wildman–Crippen LogP) is 3.19. The molecule has 0 spiro atoms. The van der Waals surface area contributed by atoms with E-state index in [4.69, 9.17) is 4.74 Å². The van der Waals surface area contributed by atoms with Gasteiger partial charge in [0.05, 0.1) is 25.0 Å². The van der Waals surface area contributed by atoms with Crippen molar-refractivity contribution in [3.63, 3.8) is 0 Å². The van der Waals surface area contributed by atoms with E-state index in [1.165, 1.54) is 32.8 Å². The highest BCUT2D eigenvalue weighted by molar-refractivity contribution is 5.76. The van der Waals surface area contributed by atoms with Crippen LogP contribution in [0.1, 0.15) is 52.9 Å². The second kappa shape index (κ2) is 6.37. The number of hydrogen-bond donors (Lipinski definition) is 0. The number of carbonyl (C=O) groups is 2. The van der Waals surface area contributed by atoms with Crippen molar-refractivity contribution in [1.82, 2.24) is 0 Å². The molecule has 0 N–H and O–H groups in total. The van der Waals surface area contributed by atoms with E-state index < -0.39 is 0 Å². The molecule has 2 bridgehead atoms. The quantitative estimate of drug-likeness (QED) is 0.734. The van der Waals surface area contributed by atoms with Gasteiger partial charge >= 0.3 is 11.9 Å². The molecule has 4 aliphatic rings. The third-order valence-electron chi connectivity index (χ3n) is 5.70. The Kier molecular flexibility index (Phi) is 4.95. The van der Waals surface area contributed by atoms with Crippen LogP contribution in [-0.4, -0.2) is 25.7 Å². The molecule has 1 heterocycles. The molecule has 2 unspecified atom stereocenters. The average Bonchev–Trinajstić information content (AvgIpc) is 2.92. The van der Waals surface area contributed by atoms with Crippen molar-refractivity contribution in [3.8, 4) is 0 Å². The van der Waals surface area contributed by atoms with Crippen LogP contribution in [0.25, 0.3) is 0 Å². The summed E-state index contributed by atoms with van der Waals surface area (Å²) in [5, 5.41) is 0. The zero-order chi connectivity index (χ0) is 15.6. The summed E-state index contributed by atoms with van der Waals surface area (Å²) in [5.74, 6) is 2.36. The fraction of sp³-hybridized carbons (Fsp3) is 0.882. The first-order chi connectivity index (χ1) is 9.90. The first-order valence-corrected chi connectivity index (χ1v) is 8.15. The Balaban J connectivity index is 0.000000163. The Labute approximate surface area is 127 Å². The maximum atomic E-state index is 11.4. The van der Waals surface area contributed by atoms with Crippen LogP contribution in [0, 0.1) is 29.1 Å². The largest absolute Gasteiger partial charge is 0.469 e. The van der Waals surface area contributed by atoms with E-state index in [1.807, 2.05) is 20.8 Å². The normalized spacial score (nSPS) is 33.6. The lowest BCUT2D eigenvalue weighted by Gasteiger charge is -2.42. The van der Waals surface area contributed by atoms with Gasteiger partial charge in [-0.1, -0.05) is 6.92 Å². The molecule has 1 aliphatic heterocycles. The summed E-state index contributed by atoms with van der Waals surface area (Å²) in [5.41, 5.74) is -0.311. The molecule has 4 fully saturated rings. The molecular formula is C17H28O4. The Bertz CT molecular complexity index is 394. The van der Waals surface area contributed by atoms with E-state index in [0.29, 0.717) is 17.8 Å². The Morgan fingerprint density at radius 1 is 1.24 bits per heavy atom. The van der Waals surface area contributed by atoms with Crippen molar-refractivity contribution in [3.05, 3.63) is 0 Å². The summed E-state index contributed by atoms with van der Waals surface area (Å²) in [7, 11) is 1.42. The van der Waals surface area contributed by atoms with Gasteiger partial charge < -0.3 is 9.47 Å². The van der Waals surface area contributed by atoms with E-state index in [9.17, 15) is 9.59 Å². The number of cyclic esters (lactones) is 1. The van der Waals surface area contributed by atoms with E-state index in [2.05, 4.69) is 4.74 Å². The molecule has 0 aromatic carbocycles. The van der Waals surface area contributed by atoms with Gasteiger partial charge in [0.25, 0.3) is 0 Å². The van der Waals surface area contributed by atoms with E-state index in [0.717, 1.165) is 18.9 Å². The summed E-state index contributed by atoms with van der Waals surface area (Å²) in [6.07, 6.45) is 6.08. The molecule has 0 radical (unpaired) electrons. The second-order valence-electron chi connectivity index (χ2n) is 7.22. The molecule has 4 heteroatoms. The molecule has 0 amide bonds. The fourth-order valence-corrected chi connectivity index (χ4v) is 3.88. The van der Waals surface area contributed by atoms with Crippen molar-refractivity contribution in [1.29, 1.82) is 0 Å². The smallest absolute Gasteiger partial charge is 0.311 e. The zero-order valence-corrected chi connectivity index (χ0v) is 13.7. The molecule has 4 nitrogen and oxygen atoms in total.